The maximum absolute atomic E-state index is 3.18. The molecule has 1 rings (SSSR count). The largest absolute Gasteiger partial charge is 0.376 e. The van der Waals surface area contributed by atoms with Gasteiger partial charge in [0.05, 0.1) is 4.87 Å². The van der Waals surface area contributed by atoms with E-state index in [2.05, 4.69) is 38.4 Å². The first-order valence-electron chi connectivity index (χ1n) is 5.73. The van der Waals surface area contributed by atoms with Gasteiger partial charge in [0.25, 0.3) is 0 Å². The molecular formula is C12H26ClNS. The Bertz CT molecular complexity index is 144. The standard InChI is InChI=1S/C7H16.C5H9NS.ClH/c1-3-5-7-6-4-2;1-5(2)6-3-4-7-5;/h3-7H2,1-2H3;3-4,6H,1-2H3;1H. The highest BCUT2D eigenvalue weighted by Crippen LogP contribution is 2.26. The summed E-state index contributed by atoms with van der Waals surface area (Å²) in [6.07, 6.45) is 8.99. The van der Waals surface area contributed by atoms with Crippen molar-refractivity contribution >= 4 is 24.2 Å². The third-order valence-electron chi connectivity index (χ3n) is 2.07. The van der Waals surface area contributed by atoms with Crippen molar-refractivity contribution < 1.29 is 0 Å². The average molecular weight is 252 g/mol. The van der Waals surface area contributed by atoms with Crippen LogP contribution in [0.25, 0.3) is 0 Å². The van der Waals surface area contributed by atoms with Gasteiger partial charge >= 0.3 is 0 Å². The molecule has 0 bridgehead atoms. The van der Waals surface area contributed by atoms with Gasteiger partial charge in [-0.2, -0.15) is 0 Å². The molecule has 0 saturated heterocycles. The van der Waals surface area contributed by atoms with E-state index in [1.165, 1.54) is 32.1 Å². The zero-order chi connectivity index (χ0) is 10.9. The minimum absolute atomic E-state index is 0. The lowest BCUT2D eigenvalue weighted by atomic mass is 10.2. The lowest BCUT2D eigenvalue weighted by molar-refractivity contribution is 0.653. The van der Waals surface area contributed by atoms with E-state index in [0.717, 1.165) is 0 Å². The molecule has 3 heteroatoms. The van der Waals surface area contributed by atoms with Crippen LogP contribution in [0.5, 0.6) is 0 Å². The van der Waals surface area contributed by atoms with Gasteiger partial charge in [-0.3, -0.25) is 0 Å². The number of thioether (sulfide) groups is 1. The van der Waals surface area contributed by atoms with Crippen LogP contribution in [0, 0.1) is 0 Å². The molecule has 15 heavy (non-hydrogen) atoms. The summed E-state index contributed by atoms with van der Waals surface area (Å²) in [6.45, 7) is 8.79. The number of halogens is 1. The summed E-state index contributed by atoms with van der Waals surface area (Å²) in [4.78, 5) is 0.250. The first-order valence-corrected chi connectivity index (χ1v) is 6.61. The maximum atomic E-state index is 3.18. The molecule has 0 spiro atoms. The van der Waals surface area contributed by atoms with Crippen LogP contribution in [0.1, 0.15) is 59.8 Å². The van der Waals surface area contributed by atoms with Crippen molar-refractivity contribution in [1.82, 2.24) is 5.32 Å². The normalized spacial score (nSPS) is 16.0. The summed E-state index contributed by atoms with van der Waals surface area (Å²) in [5.41, 5.74) is 0. The van der Waals surface area contributed by atoms with Crippen molar-refractivity contribution in [3.8, 4) is 0 Å². The van der Waals surface area contributed by atoms with Crippen LogP contribution in [-0.4, -0.2) is 4.87 Å². The molecule has 1 nitrogen and oxygen atoms in total. The predicted molar refractivity (Wildman–Crippen MR) is 75.6 cm³/mol. The minimum atomic E-state index is 0. The van der Waals surface area contributed by atoms with Gasteiger partial charge in [0.15, 0.2) is 0 Å². The molecule has 1 aliphatic heterocycles. The van der Waals surface area contributed by atoms with Gasteiger partial charge in [-0.1, -0.05) is 46.0 Å². The van der Waals surface area contributed by atoms with E-state index in [1.54, 1.807) is 0 Å². The third kappa shape index (κ3) is 12.1. The van der Waals surface area contributed by atoms with E-state index in [4.69, 9.17) is 0 Å². The van der Waals surface area contributed by atoms with Crippen molar-refractivity contribution in [2.24, 2.45) is 0 Å². The lowest BCUT2D eigenvalue weighted by Crippen LogP contribution is -2.26. The lowest BCUT2D eigenvalue weighted by Gasteiger charge is -2.15. The summed E-state index contributed by atoms with van der Waals surface area (Å²) < 4.78 is 0. The van der Waals surface area contributed by atoms with Crippen molar-refractivity contribution in [2.75, 3.05) is 0 Å². The molecule has 1 aliphatic rings. The second kappa shape index (κ2) is 10.7. The summed E-state index contributed by atoms with van der Waals surface area (Å²) in [5.74, 6) is 0. The molecule has 0 radical (unpaired) electrons. The van der Waals surface area contributed by atoms with Crippen LogP contribution in [0.15, 0.2) is 11.6 Å². The van der Waals surface area contributed by atoms with E-state index in [-0.39, 0.29) is 17.3 Å². The molecule has 0 aromatic carbocycles. The Morgan fingerprint density at radius 2 is 1.60 bits per heavy atom. The Labute approximate surface area is 106 Å². The Morgan fingerprint density at radius 1 is 1.07 bits per heavy atom. The van der Waals surface area contributed by atoms with E-state index in [1.807, 2.05) is 18.0 Å². The molecule has 0 aromatic heterocycles. The number of hydrogen-bond acceptors (Lipinski definition) is 2. The van der Waals surface area contributed by atoms with Crippen LogP contribution in [-0.2, 0) is 0 Å². The fraction of sp³-hybridized carbons (Fsp3) is 0.833. The molecule has 0 saturated carbocycles. The van der Waals surface area contributed by atoms with E-state index in [9.17, 15) is 0 Å². The smallest absolute Gasteiger partial charge is 0.0813 e. The Hall–Kier alpha value is 0.180. The molecule has 92 valence electrons. The van der Waals surface area contributed by atoms with Crippen LogP contribution < -0.4 is 5.32 Å². The van der Waals surface area contributed by atoms with Crippen LogP contribution in [0.4, 0.5) is 0 Å². The van der Waals surface area contributed by atoms with E-state index in [0.29, 0.717) is 0 Å². The van der Waals surface area contributed by atoms with Gasteiger partial charge in [-0.25, -0.2) is 0 Å². The molecule has 1 heterocycles. The van der Waals surface area contributed by atoms with Crippen LogP contribution >= 0.6 is 24.2 Å². The Morgan fingerprint density at radius 3 is 1.80 bits per heavy atom. The molecule has 0 aliphatic carbocycles. The molecule has 0 unspecified atom stereocenters. The highest BCUT2D eigenvalue weighted by molar-refractivity contribution is 8.03. The quantitative estimate of drug-likeness (QED) is 0.712. The highest BCUT2D eigenvalue weighted by atomic mass is 35.5. The molecule has 0 atom stereocenters. The first kappa shape index (κ1) is 17.6. The van der Waals surface area contributed by atoms with Gasteiger partial charge in [-0.15, -0.1) is 24.2 Å². The van der Waals surface area contributed by atoms with Crippen molar-refractivity contribution in [2.45, 2.75) is 64.7 Å². The average Bonchev–Trinajstić information content (AvgIpc) is 2.52. The Balaban J connectivity index is 0. The number of hydrogen-bond donors (Lipinski definition) is 1. The van der Waals surface area contributed by atoms with Crippen molar-refractivity contribution in [3.63, 3.8) is 0 Å². The fourth-order valence-electron chi connectivity index (χ4n) is 1.15. The number of rotatable bonds is 4. The summed E-state index contributed by atoms with van der Waals surface area (Å²) in [7, 11) is 0. The minimum Gasteiger partial charge on any atom is -0.376 e. The van der Waals surface area contributed by atoms with E-state index >= 15 is 0 Å². The van der Waals surface area contributed by atoms with Crippen LogP contribution in [0.3, 0.4) is 0 Å². The molecular weight excluding hydrogens is 226 g/mol. The zero-order valence-corrected chi connectivity index (χ0v) is 12.1. The van der Waals surface area contributed by atoms with Crippen molar-refractivity contribution in [1.29, 1.82) is 0 Å². The molecule has 0 fully saturated rings. The summed E-state index contributed by atoms with van der Waals surface area (Å²) in [6, 6.07) is 0. The summed E-state index contributed by atoms with van der Waals surface area (Å²) in [5, 5.41) is 5.25. The van der Waals surface area contributed by atoms with Gasteiger partial charge in [0.2, 0.25) is 0 Å². The SMILES string of the molecule is CC1(C)NC=CS1.CCCCCCC.Cl. The molecule has 0 amide bonds. The first-order chi connectivity index (χ1) is 6.62. The Kier molecular flexibility index (Phi) is 12.5. The van der Waals surface area contributed by atoms with Gasteiger partial charge < -0.3 is 5.32 Å². The zero-order valence-electron chi connectivity index (χ0n) is 10.5. The van der Waals surface area contributed by atoms with Crippen molar-refractivity contribution in [3.05, 3.63) is 11.6 Å². The predicted octanol–water partition coefficient (Wildman–Crippen LogP) is 4.93. The monoisotopic (exact) mass is 251 g/mol. The second-order valence-electron chi connectivity index (χ2n) is 4.14. The number of unbranched alkanes of at least 4 members (excludes halogenated alkanes) is 4. The number of nitrogens with one attached hydrogen (secondary N) is 1. The molecule has 0 aromatic rings. The topological polar surface area (TPSA) is 12.0 Å². The summed E-state index contributed by atoms with van der Waals surface area (Å²) >= 11 is 1.81. The second-order valence-corrected chi connectivity index (χ2v) is 5.66. The van der Waals surface area contributed by atoms with Crippen LogP contribution in [0.2, 0.25) is 0 Å². The maximum Gasteiger partial charge on any atom is 0.0813 e. The highest BCUT2D eigenvalue weighted by Gasteiger charge is 2.17. The third-order valence-corrected chi connectivity index (χ3v) is 3.05. The van der Waals surface area contributed by atoms with Gasteiger partial charge in [0, 0.05) is 6.20 Å². The fourth-order valence-corrected chi connectivity index (χ4v) is 1.76. The van der Waals surface area contributed by atoms with Gasteiger partial charge in [-0.05, 0) is 19.3 Å². The van der Waals surface area contributed by atoms with Gasteiger partial charge in [0.1, 0.15) is 0 Å². The van der Waals surface area contributed by atoms with E-state index < -0.39 is 0 Å². The molecule has 1 N–H and O–H groups in total.